The Labute approximate surface area is 389 Å². The van der Waals surface area contributed by atoms with E-state index in [0.717, 1.165) is 64.2 Å². The van der Waals surface area contributed by atoms with E-state index < -0.39 is 60.8 Å². The number of carbonyl (C=O) groups excluding carboxylic acids is 4. The van der Waals surface area contributed by atoms with E-state index in [0.29, 0.717) is 38.5 Å². The summed E-state index contributed by atoms with van der Waals surface area (Å²) in [6.45, 7) is 4.37. The van der Waals surface area contributed by atoms with Crippen LogP contribution in [-0.2, 0) is 41.5 Å². The Balaban J connectivity index is 0.000000350. The highest BCUT2D eigenvalue weighted by Gasteiger charge is 2.53. The number of hydrogen-bond acceptors (Lipinski definition) is 8. The number of unbranched alkanes of at least 4 members (excludes halogenated alkanes) is 6. The predicted molar refractivity (Wildman–Crippen MR) is 248 cm³/mol. The average Bonchev–Trinajstić information content (AvgIpc) is 3.67. The van der Waals surface area contributed by atoms with Gasteiger partial charge in [0, 0.05) is 38.8 Å². The quantitative estimate of drug-likeness (QED) is 0.0373. The third-order valence-electron chi connectivity index (χ3n) is 12.6. The van der Waals surface area contributed by atoms with Crippen molar-refractivity contribution in [1.29, 1.82) is 0 Å². The summed E-state index contributed by atoms with van der Waals surface area (Å²) in [7, 11) is 2.69. The standard InChI is InChI=1S/2C26H37F2NO4/c2*1-20(11-10-14-21-12-6-5-7-13-21)23(30)17-16-22-19-26(27,28)25(32)29(22)18-9-4-3-8-15-24(31)33-2/h2*5-7,12-13,16-17,20,22-23,30H,3-4,8-11,14-15,18-19H2,1-2H3/b2*17-16+/t2*20-,22-,23+/m00/s1. The van der Waals surface area contributed by atoms with Gasteiger partial charge in [-0.3, -0.25) is 19.2 Å². The molecule has 14 heteroatoms. The second kappa shape index (κ2) is 29.3. The van der Waals surface area contributed by atoms with Crippen LogP contribution in [0.25, 0.3) is 0 Å². The van der Waals surface area contributed by atoms with E-state index in [4.69, 9.17) is 0 Å². The van der Waals surface area contributed by atoms with Crippen LogP contribution in [0.15, 0.2) is 85.0 Å². The van der Waals surface area contributed by atoms with Crippen LogP contribution in [-0.4, -0.2) is 107 Å². The number of ether oxygens (including phenoxy) is 2. The van der Waals surface area contributed by atoms with Crippen LogP contribution in [0.3, 0.4) is 0 Å². The molecule has 66 heavy (non-hydrogen) atoms. The van der Waals surface area contributed by atoms with Crippen LogP contribution in [0.4, 0.5) is 17.6 Å². The zero-order chi connectivity index (χ0) is 48.5. The third-order valence-corrected chi connectivity index (χ3v) is 12.6. The van der Waals surface area contributed by atoms with Crippen molar-refractivity contribution < 1.29 is 56.4 Å². The molecule has 2 aliphatic rings. The minimum absolute atomic E-state index is 0.00848. The molecule has 2 fully saturated rings. The number of aryl methyl sites for hydroxylation is 2. The molecule has 2 saturated heterocycles. The van der Waals surface area contributed by atoms with Gasteiger partial charge in [0.2, 0.25) is 0 Å². The number of likely N-dealkylation sites (tertiary alicyclic amines) is 2. The molecule has 2 heterocycles. The molecule has 368 valence electrons. The molecule has 2 amide bonds. The van der Waals surface area contributed by atoms with Crippen LogP contribution in [0.1, 0.15) is 128 Å². The molecule has 2 aliphatic heterocycles. The molecule has 0 unspecified atom stereocenters. The van der Waals surface area contributed by atoms with Crippen molar-refractivity contribution >= 4 is 23.8 Å². The number of halogens is 4. The number of rotatable bonds is 28. The van der Waals surface area contributed by atoms with Crippen molar-refractivity contribution in [2.75, 3.05) is 27.3 Å². The lowest BCUT2D eigenvalue weighted by Gasteiger charge is -2.22. The summed E-state index contributed by atoms with van der Waals surface area (Å²) < 4.78 is 65.5. The normalized spacial score (nSPS) is 19.7. The molecular formula is C52H74F4N2O8. The summed E-state index contributed by atoms with van der Waals surface area (Å²) in [5.74, 6) is -9.56. The van der Waals surface area contributed by atoms with Crippen LogP contribution in [0.5, 0.6) is 0 Å². The molecule has 0 radical (unpaired) electrons. The fourth-order valence-electron chi connectivity index (χ4n) is 8.29. The maximum Gasteiger partial charge on any atom is 0.327 e. The van der Waals surface area contributed by atoms with Gasteiger partial charge in [-0.1, -0.05) is 124 Å². The Hall–Kier alpha value is -4.56. The summed E-state index contributed by atoms with van der Waals surface area (Å²) in [6.07, 6.45) is 15.2. The second-order valence-corrected chi connectivity index (χ2v) is 17.9. The van der Waals surface area contributed by atoms with Crippen molar-refractivity contribution in [2.24, 2.45) is 11.8 Å². The van der Waals surface area contributed by atoms with Crippen molar-refractivity contribution in [1.82, 2.24) is 9.80 Å². The Bertz CT molecular complexity index is 1670. The van der Waals surface area contributed by atoms with Gasteiger partial charge in [0.15, 0.2) is 0 Å². The van der Waals surface area contributed by atoms with Gasteiger partial charge in [0.1, 0.15) is 0 Å². The molecule has 6 atom stereocenters. The topological polar surface area (TPSA) is 134 Å². The number of hydrogen-bond donors (Lipinski definition) is 2. The highest BCUT2D eigenvalue weighted by atomic mass is 19.3. The summed E-state index contributed by atoms with van der Waals surface area (Å²) in [6, 6.07) is 18.8. The molecule has 0 saturated carbocycles. The van der Waals surface area contributed by atoms with E-state index in [1.807, 2.05) is 50.2 Å². The van der Waals surface area contributed by atoms with Gasteiger partial charge in [-0.05, 0) is 87.2 Å². The zero-order valence-corrected chi connectivity index (χ0v) is 39.4. The fraction of sp³-hybridized carbons (Fsp3) is 0.615. The summed E-state index contributed by atoms with van der Waals surface area (Å²) >= 11 is 0. The minimum atomic E-state index is -3.37. The van der Waals surface area contributed by atoms with Crippen molar-refractivity contribution in [3.05, 3.63) is 96.1 Å². The summed E-state index contributed by atoms with van der Waals surface area (Å²) in [5.41, 5.74) is 2.50. The van der Waals surface area contributed by atoms with Gasteiger partial charge in [-0.15, -0.1) is 0 Å². The molecule has 4 rings (SSSR count). The first-order valence-corrected chi connectivity index (χ1v) is 23.8. The Morgan fingerprint density at radius 1 is 0.606 bits per heavy atom. The predicted octanol–water partition coefficient (Wildman–Crippen LogP) is 9.84. The summed E-state index contributed by atoms with van der Waals surface area (Å²) in [5, 5.41) is 21.0. The van der Waals surface area contributed by atoms with Crippen LogP contribution in [0, 0.1) is 11.8 Å². The van der Waals surface area contributed by atoms with Gasteiger partial charge in [-0.25, -0.2) is 0 Å². The van der Waals surface area contributed by atoms with Gasteiger partial charge in [0.25, 0.3) is 11.8 Å². The number of benzene rings is 2. The zero-order valence-electron chi connectivity index (χ0n) is 39.4. The molecule has 0 spiro atoms. The van der Waals surface area contributed by atoms with Crippen molar-refractivity contribution in [2.45, 2.75) is 166 Å². The SMILES string of the molecule is COC(=O)CCCCCCN1C(=O)C(F)(F)C[C@@H]1/C=C/[C@@H](O)[C@@H](C)CCCc1ccccc1.COC(=O)CCCCCCN1C(=O)C(F)(F)C[C@@H]1/C=C/[C@@H](O)[C@@H](C)CCCc1ccccc1. The Morgan fingerprint density at radius 2 is 0.955 bits per heavy atom. The number of methoxy groups -OCH3 is 2. The maximum atomic E-state index is 14.1. The lowest BCUT2D eigenvalue weighted by Crippen LogP contribution is -2.36. The molecule has 10 nitrogen and oxygen atoms in total. The number of nitrogens with zero attached hydrogens (tertiary/aromatic N) is 2. The molecule has 0 aliphatic carbocycles. The average molecular weight is 931 g/mol. The molecule has 2 N–H and O–H groups in total. The molecular weight excluding hydrogens is 857 g/mol. The number of amides is 2. The second-order valence-electron chi connectivity index (χ2n) is 17.9. The fourth-order valence-corrected chi connectivity index (χ4v) is 8.29. The van der Waals surface area contributed by atoms with Crippen molar-refractivity contribution in [3.63, 3.8) is 0 Å². The molecule has 0 aromatic heterocycles. The monoisotopic (exact) mass is 931 g/mol. The molecule has 2 aromatic rings. The summed E-state index contributed by atoms with van der Waals surface area (Å²) in [4.78, 5) is 49.0. The highest BCUT2D eigenvalue weighted by Crippen LogP contribution is 2.36. The first kappa shape index (κ1) is 55.8. The van der Waals surface area contributed by atoms with Crippen LogP contribution >= 0.6 is 0 Å². The third kappa shape index (κ3) is 19.7. The smallest absolute Gasteiger partial charge is 0.327 e. The lowest BCUT2D eigenvalue weighted by atomic mass is 9.95. The maximum absolute atomic E-state index is 14.1. The lowest BCUT2D eigenvalue weighted by molar-refractivity contribution is -0.148. The Morgan fingerprint density at radius 3 is 1.30 bits per heavy atom. The van der Waals surface area contributed by atoms with Gasteiger partial charge < -0.3 is 29.5 Å². The Kier molecular flexibility index (Phi) is 24.7. The van der Waals surface area contributed by atoms with Gasteiger partial charge in [0.05, 0.1) is 38.5 Å². The number of esters is 2. The van der Waals surface area contributed by atoms with E-state index in [9.17, 15) is 47.0 Å². The van der Waals surface area contributed by atoms with E-state index in [2.05, 4.69) is 33.7 Å². The van der Waals surface area contributed by atoms with E-state index in [1.54, 1.807) is 24.3 Å². The van der Waals surface area contributed by atoms with E-state index in [-0.39, 0.29) is 36.9 Å². The number of carbonyl (C=O) groups is 4. The van der Waals surface area contributed by atoms with E-state index >= 15 is 0 Å². The van der Waals surface area contributed by atoms with Gasteiger partial charge >= 0.3 is 23.8 Å². The number of alkyl halides is 4. The molecule has 0 bridgehead atoms. The van der Waals surface area contributed by atoms with Crippen molar-refractivity contribution in [3.8, 4) is 0 Å². The first-order valence-electron chi connectivity index (χ1n) is 23.8. The van der Waals surface area contributed by atoms with E-state index in [1.165, 1.54) is 35.1 Å². The van der Waals surface area contributed by atoms with Crippen LogP contribution in [0.2, 0.25) is 0 Å². The minimum Gasteiger partial charge on any atom is -0.469 e. The van der Waals surface area contributed by atoms with Crippen LogP contribution < -0.4 is 0 Å². The number of aliphatic hydroxyl groups excluding tert-OH is 2. The molecule has 2 aromatic carbocycles. The highest BCUT2D eigenvalue weighted by molar-refractivity contribution is 5.87. The van der Waals surface area contributed by atoms with Gasteiger partial charge in [-0.2, -0.15) is 17.6 Å². The number of aliphatic hydroxyl groups is 2. The first-order chi connectivity index (χ1) is 31.5. The largest absolute Gasteiger partial charge is 0.469 e.